The zero-order chi connectivity index (χ0) is 12.1. The molecule has 1 aromatic carbocycles. The summed E-state index contributed by atoms with van der Waals surface area (Å²) in [5.74, 6) is -0.310. The van der Waals surface area contributed by atoms with Gasteiger partial charge in [-0.25, -0.2) is 4.39 Å². The van der Waals surface area contributed by atoms with Gasteiger partial charge in [0, 0.05) is 12.5 Å². The van der Waals surface area contributed by atoms with Gasteiger partial charge in [0.05, 0.1) is 6.10 Å². The fourth-order valence-corrected chi connectivity index (χ4v) is 1.85. The molecule has 0 bridgehead atoms. The Morgan fingerprint density at radius 1 is 1.44 bits per heavy atom. The molecule has 1 aromatic rings. The van der Waals surface area contributed by atoms with Crippen molar-refractivity contribution in [3.63, 3.8) is 0 Å². The van der Waals surface area contributed by atoms with Crippen LogP contribution in [0.4, 0.5) is 4.39 Å². The SMILES string of the molecule is CCC(C)C(O)C(CN)c1cccc(F)c1. The predicted octanol–water partition coefficient (Wildman–Crippen LogP) is 2.28. The van der Waals surface area contributed by atoms with Crippen molar-refractivity contribution >= 4 is 0 Å². The molecule has 0 saturated heterocycles. The molecule has 3 heteroatoms. The monoisotopic (exact) mass is 225 g/mol. The lowest BCUT2D eigenvalue weighted by Gasteiger charge is -2.26. The van der Waals surface area contributed by atoms with Crippen molar-refractivity contribution in [2.24, 2.45) is 11.7 Å². The largest absolute Gasteiger partial charge is 0.392 e. The number of hydrogen-bond acceptors (Lipinski definition) is 2. The fraction of sp³-hybridized carbons (Fsp3) is 0.538. The Balaban J connectivity index is 2.89. The molecular weight excluding hydrogens is 205 g/mol. The third kappa shape index (κ3) is 3.03. The molecular formula is C13H20FNO. The molecule has 3 atom stereocenters. The minimum Gasteiger partial charge on any atom is -0.392 e. The summed E-state index contributed by atoms with van der Waals surface area (Å²) in [4.78, 5) is 0. The van der Waals surface area contributed by atoms with Gasteiger partial charge < -0.3 is 10.8 Å². The molecule has 3 unspecified atom stereocenters. The van der Waals surface area contributed by atoms with Gasteiger partial charge in [-0.1, -0.05) is 32.4 Å². The Bertz CT molecular complexity index is 329. The standard InChI is InChI=1S/C13H20FNO/c1-3-9(2)13(16)12(8-15)10-5-4-6-11(14)7-10/h4-7,9,12-13,16H,3,8,15H2,1-2H3. The number of halogens is 1. The summed E-state index contributed by atoms with van der Waals surface area (Å²) in [5.41, 5.74) is 6.44. The Morgan fingerprint density at radius 2 is 2.12 bits per heavy atom. The van der Waals surface area contributed by atoms with Crippen molar-refractivity contribution in [2.75, 3.05) is 6.54 Å². The van der Waals surface area contributed by atoms with Crippen LogP contribution in [-0.2, 0) is 0 Å². The maximum Gasteiger partial charge on any atom is 0.123 e. The molecule has 0 saturated carbocycles. The van der Waals surface area contributed by atoms with Crippen LogP contribution < -0.4 is 5.73 Å². The summed E-state index contributed by atoms with van der Waals surface area (Å²) < 4.78 is 13.1. The van der Waals surface area contributed by atoms with E-state index in [2.05, 4.69) is 0 Å². The average Bonchev–Trinajstić information content (AvgIpc) is 2.29. The highest BCUT2D eigenvalue weighted by molar-refractivity contribution is 5.22. The molecule has 0 amide bonds. The molecule has 0 fully saturated rings. The van der Waals surface area contributed by atoms with E-state index in [1.54, 1.807) is 6.07 Å². The molecule has 16 heavy (non-hydrogen) atoms. The van der Waals surface area contributed by atoms with Crippen LogP contribution in [0.2, 0.25) is 0 Å². The van der Waals surface area contributed by atoms with Crippen molar-refractivity contribution in [1.29, 1.82) is 0 Å². The van der Waals surface area contributed by atoms with Gasteiger partial charge in [-0.3, -0.25) is 0 Å². The highest BCUT2D eigenvalue weighted by atomic mass is 19.1. The van der Waals surface area contributed by atoms with Crippen molar-refractivity contribution in [3.8, 4) is 0 Å². The molecule has 3 N–H and O–H groups in total. The Kier molecular flexibility index (Phi) is 4.90. The van der Waals surface area contributed by atoms with Crippen molar-refractivity contribution in [1.82, 2.24) is 0 Å². The molecule has 0 aliphatic rings. The normalized spacial score (nSPS) is 16.8. The predicted molar refractivity (Wildman–Crippen MR) is 63.7 cm³/mol. The highest BCUT2D eigenvalue weighted by Gasteiger charge is 2.24. The first kappa shape index (κ1) is 13.1. The molecule has 0 aromatic heterocycles. The van der Waals surface area contributed by atoms with Gasteiger partial charge in [-0.15, -0.1) is 0 Å². The topological polar surface area (TPSA) is 46.2 Å². The van der Waals surface area contributed by atoms with Gasteiger partial charge >= 0.3 is 0 Å². The van der Waals surface area contributed by atoms with E-state index in [-0.39, 0.29) is 17.7 Å². The fourth-order valence-electron chi connectivity index (χ4n) is 1.85. The van der Waals surface area contributed by atoms with E-state index in [1.165, 1.54) is 12.1 Å². The van der Waals surface area contributed by atoms with E-state index in [1.807, 2.05) is 19.9 Å². The Morgan fingerprint density at radius 3 is 2.62 bits per heavy atom. The van der Waals surface area contributed by atoms with E-state index < -0.39 is 6.10 Å². The second kappa shape index (κ2) is 5.97. The van der Waals surface area contributed by atoms with Crippen LogP contribution in [0.1, 0.15) is 31.7 Å². The number of aliphatic hydroxyl groups is 1. The minimum absolute atomic E-state index is 0.164. The van der Waals surface area contributed by atoms with Crippen molar-refractivity contribution < 1.29 is 9.50 Å². The maximum absolute atomic E-state index is 13.1. The molecule has 2 nitrogen and oxygen atoms in total. The second-order valence-electron chi connectivity index (χ2n) is 4.27. The van der Waals surface area contributed by atoms with Crippen LogP contribution >= 0.6 is 0 Å². The van der Waals surface area contributed by atoms with Crippen LogP contribution in [0.25, 0.3) is 0 Å². The molecule has 0 aliphatic carbocycles. The Hall–Kier alpha value is -0.930. The lowest BCUT2D eigenvalue weighted by atomic mass is 9.85. The van der Waals surface area contributed by atoms with Gasteiger partial charge in [0.25, 0.3) is 0 Å². The second-order valence-corrected chi connectivity index (χ2v) is 4.27. The van der Waals surface area contributed by atoms with E-state index in [4.69, 9.17) is 5.73 Å². The number of aliphatic hydroxyl groups excluding tert-OH is 1. The van der Waals surface area contributed by atoms with E-state index in [0.717, 1.165) is 12.0 Å². The smallest absolute Gasteiger partial charge is 0.123 e. The number of hydrogen-bond donors (Lipinski definition) is 2. The molecule has 90 valence electrons. The summed E-state index contributed by atoms with van der Waals surface area (Å²) >= 11 is 0. The van der Waals surface area contributed by atoms with Crippen LogP contribution in [0, 0.1) is 11.7 Å². The van der Waals surface area contributed by atoms with Crippen LogP contribution in [0.5, 0.6) is 0 Å². The maximum atomic E-state index is 13.1. The van der Waals surface area contributed by atoms with Gasteiger partial charge in [0.15, 0.2) is 0 Å². The van der Waals surface area contributed by atoms with Gasteiger partial charge in [0.2, 0.25) is 0 Å². The van der Waals surface area contributed by atoms with E-state index >= 15 is 0 Å². The van der Waals surface area contributed by atoms with Crippen molar-refractivity contribution in [2.45, 2.75) is 32.3 Å². The van der Waals surface area contributed by atoms with Crippen molar-refractivity contribution in [3.05, 3.63) is 35.6 Å². The summed E-state index contributed by atoms with van der Waals surface area (Å²) in [7, 11) is 0. The molecule has 1 rings (SSSR count). The van der Waals surface area contributed by atoms with Gasteiger partial charge in [-0.05, 0) is 23.6 Å². The van der Waals surface area contributed by atoms with Gasteiger partial charge in [0.1, 0.15) is 5.82 Å². The Labute approximate surface area is 96.3 Å². The minimum atomic E-state index is -0.517. The van der Waals surface area contributed by atoms with E-state index in [9.17, 15) is 9.50 Å². The molecule has 0 heterocycles. The summed E-state index contributed by atoms with van der Waals surface area (Å²) in [6.07, 6.45) is 0.365. The molecule has 0 spiro atoms. The molecule has 0 radical (unpaired) electrons. The number of nitrogens with two attached hydrogens (primary N) is 1. The lowest BCUT2D eigenvalue weighted by Crippen LogP contribution is -2.31. The molecule has 0 aliphatic heterocycles. The first-order valence-corrected chi connectivity index (χ1v) is 5.73. The quantitative estimate of drug-likeness (QED) is 0.807. The zero-order valence-electron chi connectivity index (χ0n) is 9.86. The highest BCUT2D eigenvalue weighted by Crippen LogP contribution is 2.25. The van der Waals surface area contributed by atoms with Crippen LogP contribution in [0.3, 0.4) is 0 Å². The third-order valence-corrected chi connectivity index (χ3v) is 3.17. The average molecular weight is 225 g/mol. The number of rotatable bonds is 5. The summed E-state index contributed by atoms with van der Waals surface area (Å²) in [5, 5.41) is 10.1. The van der Waals surface area contributed by atoms with Crippen LogP contribution in [-0.4, -0.2) is 17.8 Å². The van der Waals surface area contributed by atoms with E-state index in [0.29, 0.717) is 6.54 Å². The first-order valence-electron chi connectivity index (χ1n) is 5.73. The third-order valence-electron chi connectivity index (χ3n) is 3.17. The zero-order valence-corrected chi connectivity index (χ0v) is 9.86. The lowest BCUT2D eigenvalue weighted by molar-refractivity contribution is 0.0885. The first-order chi connectivity index (χ1) is 7.60. The van der Waals surface area contributed by atoms with Gasteiger partial charge in [-0.2, -0.15) is 0 Å². The summed E-state index contributed by atoms with van der Waals surface area (Å²) in [6.45, 7) is 4.33. The summed E-state index contributed by atoms with van der Waals surface area (Å²) in [6, 6.07) is 6.30. The number of benzene rings is 1. The van der Waals surface area contributed by atoms with Crippen LogP contribution in [0.15, 0.2) is 24.3 Å².